The smallest absolute Gasteiger partial charge is 0.232 e. The van der Waals surface area contributed by atoms with Gasteiger partial charge in [-0.3, -0.25) is 4.79 Å². The summed E-state index contributed by atoms with van der Waals surface area (Å²) in [5, 5.41) is 3.66. The number of hydrogen-bond donors (Lipinski definition) is 2. The third-order valence-electron chi connectivity index (χ3n) is 5.27. The number of carbonyl (C=O) groups is 1. The summed E-state index contributed by atoms with van der Waals surface area (Å²) in [4.78, 5) is 12.8. The zero-order chi connectivity index (χ0) is 19.2. The van der Waals surface area contributed by atoms with E-state index in [1.807, 2.05) is 60.7 Å². The van der Waals surface area contributed by atoms with Crippen molar-refractivity contribution in [3.05, 3.63) is 71.8 Å². The highest BCUT2D eigenvalue weighted by atomic mass is 16.1. The number of nitrogens with one attached hydrogen (secondary N) is 1. The predicted molar refractivity (Wildman–Crippen MR) is 109 cm³/mol. The van der Waals surface area contributed by atoms with Crippen LogP contribution in [0.5, 0.6) is 0 Å². The van der Waals surface area contributed by atoms with Crippen molar-refractivity contribution in [3.63, 3.8) is 0 Å². The quantitative estimate of drug-likeness (QED) is 0.713. The van der Waals surface area contributed by atoms with Crippen LogP contribution in [0.25, 0.3) is 0 Å². The maximum absolute atomic E-state index is 12.8. The van der Waals surface area contributed by atoms with Crippen LogP contribution in [-0.2, 0) is 10.2 Å². The zero-order valence-electron chi connectivity index (χ0n) is 16.4. The monoisotopic (exact) mass is 352 g/mol. The number of carbonyl (C=O) groups excluding carboxylic acids is 1. The van der Waals surface area contributed by atoms with Gasteiger partial charge < -0.3 is 11.1 Å². The fourth-order valence-corrected chi connectivity index (χ4v) is 3.98. The topological polar surface area (TPSA) is 55.1 Å². The summed E-state index contributed by atoms with van der Waals surface area (Å²) in [5.74, 6) is 0.764. The molecule has 0 aromatic heterocycles. The van der Waals surface area contributed by atoms with Crippen molar-refractivity contribution >= 4 is 5.91 Å². The first kappa shape index (κ1) is 20.2. The van der Waals surface area contributed by atoms with Gasteiger partial charge in [-0.05, 0) is 35.9 Å². The molecule has 3 N–H and O–H groups in total. The molecule has 26 heavy (non-hydrogen) atoms. The van der Waals surface area contributed by atoms with Gasteiger partial charge >= 0.3 is 0 Å². The highest BCUT2D eigenvalue weighted by Crippen LogP contribution is 2.35. The molecule has 0 saturated carbocycles. The van der Waals surface area contributed by atoms with Gasteiger partial charge in [0.15, 0.2) is 0 Å². The second-order valence-electron chi connectivity index (χ2n) is 7.72. The second-order valence-corrected chi connectivity index (χ2v) is 7.72. The molecule has 0 aliphatic heterocycles. The predicted octanol–water partition coefficient (Wildman–Crippen LogP) is 4.12. The first-order valence-corrected chi connectivity index (χ1v) is 9.54. The molecule has 0 radical (unpaired) electrons. The number of hydrogen-bond acceptors (Lipinski definition) is 2. The van der Waals surface area contributed by atoms with Crippen LogP contribution in [-0.4, -0.2) is 18.5 Å². The van der Waals surface area contributed by atoms with Gasteiger partial charge in [0.1, 0.15) is 0 Å². The minimum atomic E-state index is -0.825. The van der Waals surface area contributed by atoms with Gasteiger partial charge in [0, 0.05) is 6.04 Å². The Bertz CT molecular complexity index is 632. The standard InChI is InChI=1S/C23H32N2O/c1-17(2)21(18(3)4)25-16-15-23(22(24)26,19-11-7-5-8-12-19)20-13-9-6-10-14-20/h5-14,17-18,21,25H,15-16H2,1-4H3,(H2,24,26). The van der Waals surface area contributed by atoms with Gasteiger partial charge in [0.2, 0.25) is 5.91 Å². The molecule has 0 saturated heterocycles. The van der Waals surface area contributed by atoms with Gasteiger partial charge in [-0.1, -0.05) is 88.4 Å². The van der Waals surface area contributed by atoms with Gasteiger partial charge in [0.25, 0.3) is 0 Å². The van der Waals surface area contributed by atoms with Crippen molar-refractivity contribution in [1.29, 1.82) is 0 Å². The molecule has 0 heterocycles. The lowest BCUT2D eigenvalue weighted by Crippen LogP contribution is -2.46. The van der Waals surface area contributed by atoms with E-state index in [9.17, 15) is 4.79 Å². The third-order valence-corrected chi connectivity index (χ3v) is 5.27. The van der Waals surface area contributed by atoms with Crippen LogP contribution in [0.4, 0.5) is 0 Å². The maximum atomic E-state index is 12.8. The Morgan fingerprint density at radius 3 is 1.65 bits per heavy atom. The van der Waals surface area contributed by atoms with Crippen molar-refractivity contribution in [1.82, 2.24) is 5.32 Å². The van der Waals surface area contributed by atoms with Crippen molar-refractivity contribution in [3.8, 4) is 0 Å². The largest absolute Gasteiger partial charge is 0.369 e. The van der Waals surface area contributed by atoms with Crippen LogP contribution >= 0.6 is 0 Å². The van der Waals surface area contributed by atoms with E-state index in [0.29, 0.717) is 24.3 Å². The SMILES string of the molecule is CC(C)C(NCCC(C(N)=O)(c1ccccc1)c1ccccc1)C(C)C. The Labute approximate surface area is 158 Å². The van der Waals surface area contributed by atoms with E-state index in [4.69, 9.17) is 5.73 Å². The minimum absolute atomic E-state index is 0.303. The number of nitrogens with two attached hydrogens (primary N) is 1. The number of primary amides is 1. The second kappa shape index (κ2) is 9.00. The molecule has 1 amide bonds. The molecule has 140 valence electrons. The zero-order valence-corrected chi connectivity index (χ0v) is 16.4. The Morgan fingerprint density at radius 1 is 0.885 bits per heavy atom. The van der Waals surface area contributed by atoms with Gasteiger partial charge in [-0.25, -0.2) is 0 Å². The van der Waals surface area contributed by atoms with Crippen LogP contribution in [0.2, 0.25) is 0 Å². The van der Waals surface area contributed by atoms with E-state index >= 15 is 0 Å². The van der Waals surface area contributed by atoms with Crippen LogP contribution in [0.15, 0.2) is 60.7 Å². The molecule has 0 aliphatic rings. The molecule has 0 unspecified atom stereocenters. The fourth-order valence-electron chi connectivity index (χ4n) is 3.98. The Hall–Kier alpha value is -2.13. The average molecular weight is 353 g/mol. The molecule has 2 aromatic rings. The van der Waals surface area contributed by atoms with Crippen molar-refractivity contribution in [2.24, 2.45) is 17.6 Å². The molecule has 3 nitrogen and oxygen atoms in total. The van der Waals surface area contributed by atoms with Crippen molar-refractivity contribution in [2.75, 3.05) is 6.54 Å². The molecular weight excluding hydrogens is 320 g/mol. The normalized spacial score (nSPS) is 12.1. The summed E-state index contributed by atoms with van der Waals surface area (Å²) >= 11 is 0. The summed E-state index contributed by atoms with van der Waals surface area (Å²) in [7, 11) is 0. The summed E-state index contributed by atoms with van der Waals surface area (Å²) in [5.41, 5.74) is 7.08. The molecule has 2 aromatic carbocycles. The molecule has 0 atom stereocenters. The lowest BCUT2D eigenvalue weighted by molar-refractivity contribution is -0.122. The highest BCUT2D eigenvalue weighted by molar-refractivity contribution is 5.90. The van der Waals surface area contributed by atoms with Gasteiger partial charge in [-0.2, -0.15) is 0 Å². The molecule has 3 heteroatoms. The fraction of sp³-hybridized carbons (Fsp3) is 0.435. The summed E-state index contributed by atoms with van der Waals surface area (Å²) in [6.07, 6.45) is 0.631. The highest BCUT2D eigenvalue weighted by Gasteiger charge is 2.40. The van der Waals surface area contributed by atoms with E-state index in [-0.39, 0.29) is 5.91 Å². The van der Waals surface area contributed by atoms with Gasteiger partial charge in [-0.15, -0.1) is 0 Å². The van der Waals surface area contributed by atoms with Crippen LogP contribution in [0.3, 0.4) is 0 Å². The molecular formula is C23H32N2O. The summed E-state index contributed by atoms with van der Waals surface area (Å²) in [6.45, 7) is 9.65. The molecule has 0 aliphatic carbocycles. The molecule has 0 spiro atoms. The number of rotatable bonds is 9. The Kier molecular flexibility index (Phi) is 6.98. The van der Waals surface area contributed by atoms with Crippen molar-refractivity contribution in [2.45, 2.75) is 45.6 Å². The molecule has 0 bridgehead atoms. The lowest BCUT2D eigenvalue weighted by Gasteiger charge is -2.34. The van der Waals surface area contributed by atoms with E-state index in [2.05, 4.69) is 33.0 Å². The van der Waals surface area contributed by atoms with Crippen molar-refractivity contribution < 1.29 is 4.79 Å². The minimum Gasteiger partial charge on any atom is -0.369 e. The van der Waals surface area contributed by atoms with Crippen LogP contribution < -0.4 is 11.1 Å². The Morgan fingerprint density at radius 2 is 1.31 bits per heavy atom. The molecule has 0 fully saturated rings. The third kappa shape index (κ3) is 4.34. The number of benzene rings is 2. The first-order valence-electron chi connectivity index (χ1n) is 9.54. The van der Waals surface area contributed by atoms with Crippen LogP contribution in [0, 0.1) is 11.8 Å². The molecule has 2 rings (SSSR count). The van der Waals surface area contributed by atoms with E-state index in [0.717, 1.165) is 17.7 Å². The Balaban J connectivity index is 2.37. The summed E-state index contributed by atoms with van der Waals surface area (Å²) in [6, 6.07) is 20.2. The van der Waals surface area contributed by atoms with Crippen LogP contribution in [0.1, 0.15) is 45.2 Å². The maximum Gasteiger partial charge on any atom is 0.232 e. The van der Waals surface area contributed by atoms with Gasteiger partial charge in [0.05, 0.1) is 5.41 Å². The lowest BCUT2D eigenvalue weighted by atomic mass is 9.71. The summed E-state index contributed by atoms with van der Waals surface area (Å²) < 4.78 is 0. The first-order chi connectivity index (χ1) is 12.4. The van der Waals surface area contributed by atoms with E-state index in [1.165, 1.54) is 0 Å². The van der Waals surface area contributed by atoms with E-state index < -0.39 is 5.41 Å². The van der Waals surface area contributed by atoms with E-state index in [1.54, 1.807) is 0 Å². The average Bonchev–Trinajstić information content (AvgIpc) is 2.62. The number of amides is 1.